The van der Waals surface area contributed by atoms with Crippen molar-refractivity contribution in [3.05, 3.63) is 22.4 Å². The Labute approximate surface area is 118 Å². The second-order valence-corrected chi connectivity index (χ2v) is 5.34. The number of carbonyl (C=O) groups is 2. The van der Waals surface area contributed by atoms with Crippen LogP contribution in [0, 0.1) is 0 Å². The molecule has 0 bridgehead atoms. The number of carbonyl (C=O) groups excluding carboxylic acids is 2. The van der Waals surface area contributed by atoms with Crippen molar-refractivity contribution in [2.24, 2.45) is 0 Å². The number of amides is 1. The van der Waals surface area contributed by atoms with Crippen LogP contribution in [0.25, 0.3) is 0 Å². The van der Waals surface area contributed by atoms with Crippen molar-refractivity contribution in [1.29, 1.82) is 0 Å². The third-order valence-electron chi connectivity index (χ3n) is 2.78. The monoisotopic (exact) mass is 283 g/mol. The normalized spacial score (nSPS) is 10.2. The molecule has 0 N–H and O–H groups in total. The Kier molecular flexibility index (Phi) is 7.18. The van der Waals surface area contributed by atoms with Gasteiger partial charge in [-0.05, 0) is 31.2 Å². The molecular formula is C14H21NO3S. The zero-order valence-corrected chi connectivity index (χ0v) is 12.4. The number of ether oxygens (including phenoxy) is 1. The van der Waals surface area contributed by atoms with Crippen LogP contribution in [0.2, 0.25) is 0 Å². The van der Waals surface area contributed by atoms with Gasteiger partial charge in [-0.1, -0.05) is 6.07 Å². The smallest absolute Gasteiger partial charge is 0.307 e. The van der Waals surface area contributed by atoms with E-state index in [0.29, 0.717) is 19.6 Å². The van der Waals surface area contributed by atoms with Crippen molar-refractivity contribution in [3.8, 4) is 0 Å². The summed E-state index contributed by atoms with van der Waals surface area (Å²) in [6, 6.07) is 4.10. The van der Waals surface area contributed by atoms with Crippen molar-refractivity contribution in [2.45, 2.75) is 32.6 Å². The summed E-state index contributed by atoms with van der Waals surface area (Å²) in [7, 11) is 1.73. The number of nitrogens with zero attached hydrogens (tertiary/aromatic N) is 1. The highest BCUT2D eigenvalue weighted by atomic mass is 32.1. The number of hydrogen-bond acceptors (Lipinski definition) is 4. The molecule has 4 nitrogen and oxygen atoms in total. The van der Waals surface area contributed by atoms with Crippen LogP contribution in [0.3, 0.4) is 0 Å². The van der Waals surface area contributed by atoms with E-state index < -0.39 is 0 Å². The largest absolute Gasteiger partial charge is 0.466 e. The highest BCUT2D eigenvalue weighted by molar-refractivity contribution is 7.09. The molecule has 0 aliphatic rings. The second kappa shape index (κ2) is 8.69. The molecule has 0 fully saturated rings. The lowest BCUT2D eigenvalue weighted by molar-refractivity contribution is -0.143. The molecule has 0 atom stereocenters. The third-order valence-corrected chi connectivity index (χ3v) is 3.71. The molecule has 0 saturated heterocycles. The Morgan fingerprint density at radius 2 is 2.16 bits per heavy atom. The maximum atomic E-state index is 11.8. The van der Waals surface area contributed by atoms with Crippen molar-refractivity contribution in [3.63, 3.8) is 0 Å². The maximum absolute atomic E-state index is 11.8. The standard InChI is InChI=1S/C14H21NO3S/c1-3-18-14(17)9-10-15(2)13(16)8-4-6-12-7-5-11-19-12/h5,7,11H,3-4,6,8-10H2,1-2H3. The number of esters is 1. The Morgan fingerprint density at radius 3 is 2.79 bits per heavy atom. The van der Waals surface area contributed by atoms with Gasteiger partial charge in [-0.25, -0.2) is 0 Å². The molecule has 1 amide bonds. The van der Waals surface area contributed by atoms with Gasteiger partial charge in [0, 0.05) is 24.9 Å². The lowest BCUT2D eigenvalue weighted by Crippen LogP contribution is -2.29. The molecule has 0 aromatic carbocycles. The molecule has 0 aliphatic carbocycles. The summed E-state index contributed by atoms with van der Waals surface area (Å²) in [5, 5.41) is 2.04. The summed E-state index contributed by atoms with van der Waals surface area (Å²) in [5.74, 6) is -0.165. The second-order valence-electron chi connectivity index (χ2n) is 4.30. The summed E-state index contributed by atoms with van der Waals surface area (Å²) in [4.78, 5) is 25.9. The average molecular weight is 283 g/mol. The molecule has 5 heteroatoms. The first-order valence-electron chi connectivity index (χ1n) is 6.55. The first-order chi connectivity index (χ1) is 9.13. The minimum atomic E-state index is -0.249. The predicted octanol–water partition coefficient (Wildman–Crippen LogP) is 2.48. The van der Waals surface area contributed by atoms with Gasteiger partial charge >= 0.3 is 5.97 Å². The molecule has 0 radical (unpaired) electrons. The lowest BCUT2D eigenvalue weighted by Gasteiger charge is -2.16. The molecule has 0 unspecified atom stereocenters. The number of hydrogen-bond donors (Lipinski definition) is 0. The highest BCUT2D eigenvalue weighted by Crippen LogP contribution is 2.12. The van der Waals surface area contributed by atoms with Gasteiger partial charge in [0.1, 0.15) is 0 Å². The van der Waals surface area contributed by atoms with Crippen LogP contribution in [0.4, 0.5) is 0 Å². The first kappa shape index (κ1) is 15.7. The summed E-state index contributed by atoms with van der Waals surface area (Å²) in [6.07, 6.45) is 2.58. The summed E-state index contributed by atoms with van der Waals surface area (Å²) in [6.45, 7) is 2.59. The van der Waals surface area contributed by atoms with Gasteiger partial charge < -0.3 is 9.64 Å². The van der Waals surface area contributed by atoms with E-state index in [-0.39, 0.29) is 18.3 Å². The Bertz CT molecular complexity index is 389. The summed E-state index contributed by atoms with van der Waals surface area (Å²) < 4.78 is 4.83. The van der Waals surface area contributed by atoms with Crippen molar-refractivity contribution in [2.75, 3.05) is 20.2 Å². The number of thiophene rings is 1. The van der Waals surface area contributed by atoms with Crippen LogP contribution in [0.5, 0.6) is 0 Å². The first-order valence-corrected chi connectivity index (χ1v) is 7.43. The van der Waals surface area contributed by atoms with E-state index in [4.69, 9.17) is 4.74 Å². The van der Waals surface area contributed by atoms with Crippen LogP contribution in [-0.2, 0) is 20.7 Å². The van der Waals surface area contributed by atoms with Gasteiger partial charge in [0.25, 0.3) is 0 Å². The molecule has 0 saturated carbocycles. The van der Waals surface area contributed by atoms with Crippen LogP contribution >= 0.6 is 11.3 Å². The topological polar surface area (TPSA) is 46.6 Å². The van der Waals surface area contributed by atoms with Gasteiger partial charge in [0.05, 0.1) is 13.0 Å². The van der Waals surface area contributed by atoms with Crippen LogP contribution < -0.4 is 0 Å². The van der Waals surface area contributed by atoms with Crippen LogP contribution in [-0.4, -0.2) is 37.0 Å². The van der Waals surface area contributed by atoms with Gasteiger partial charge in [0.2, 0.25) is 5.91 Å². The maximum Gasteiger partial charge on any atom is 0.307 e. The molecule has 0 aliphatic heterocycles. The van der Waals surface area contributed by atoms with E-state index >= 15 is 0 Å². The van der Waals surface area contributed by atoms with E-state index in [1.807, 2.05) is 11.4 Å². The van der Waals surface area contributed by atoms with Crippen molar-refractivity contribution in [1.82, 2.24) is 4.90 Å². The van der Waals surface area contributed by atoms with Gasteiger partial charge in [-0.3, -0.25) is 9.59 Å². The van der Waals surface area contributed by atoms with E-state index in [9.17, 15) is 9.59 Å². The molecule has 19 heavy (non-hydrogen) atoms. The third kappa shape index (κ3) is 6.38. The molecule has 1 aromatic heterocycles. The minimum absolute atomic E-state index is 0.0841. The SMILES string of the molecule is CCOC(=O)CCN(C)C(=O)CCCc1cccs1. The van der Waals surface area contributed by atoms with E-state index in [1.165, 1.54) is 4.88 Å². The van der Waals surface area contributed by atoms with Crippen LogP contribution in [0.1, 0.15) is 31.1 Å². The van der Waals surface area contributed by atoms with Crippen molar-refractivity contribution < 1.29 is 14.3 Å². The lowest BCUT2D eigenvalue weighted by atomic mass is 10.2. The minimum Gasteiger partial charge on any atom is -0.466 e. The molecular weight excluding hydrogens is 262 g/mol. The van der Waals surface area contributed by atoms with Gasteiger partial charge in [0.15, 0.2) is 0 Å². The predicted molar refractivity (Wildman–Crippen MR) is 76.1 cm³/mol. The molecule has 1 aromatic rings. The number of rotatable bonds is 8. The van der Waals surface area contributed by atoms with E-state index in [1.54, 1.807) is 30.2 Å². The fourth-order valence-corrected chi connectivity index (χ4v) is 2.43. The summed E-state index contributed by atoms with van der Waals surface area (Å²) >= 11 is 1.72. The quantitative estimate of drug-likeness (QED) is 0.689. The highest BCUT2D eigenvalue weighted by Gasteiger charge is 2.11. The van der Waals surface area contributed by atoms with E-state index in [2.05, 4.69) is 6.07 Å². The molecule has 106 valence electrons. The molecule has 1 rings (SSSR count). The fourth-order valence-electron chi connectivity index (χ4n) is 1.68. The van der Waals surface area contributed by atoms with Crippen LogP contribution in [0.15, 0.2) is 17.5 Å². The number of aryl methyl sites for hydroxylation is 1. The Morgan fingerprint density at radius 1 is 1.37 bits per heavy atom. The van der Waals surface area contributed by atoms with E-state index in [0.717, 1.165) is 12.8 Å². The van der Waals surface area contributed by atoms with Gasteiger partial charge in [-0.2, -0.15) is 0 Å². The summed E-state index contributed by atoms with van der Waals surface area (Å²) in [5.41, 5.74) is 0. The zero-order chi connectivity index (χ0) is 14.1. The Balaban J connectivity index is 2.15. The average Bonchev–Trinajstić information content (AvgIpc) is 2.89. The Hall–Kier alpha value is -1.36. The van der Waals surface area contributed by atoms with Gasteiger partial charge in [-0.15, -0.1) is 11.3 Å². The molecule has 0 spiro atoms. The zero-order valence-electron chi connectivity index (χ0n) is 11.6. The fraction of sp³-hybridized carbons (Fsp3) is 0.571. The van der Waals surface area contributed by atoms with Crippen molar-refractivity contribution >= 4 is 23.2 Å². The molecule has 1 heterocycles.